The molecule has 0 aliphatic carbocycles. The molecular formula is C18H29ClF3IN4OS. The van der Waals surface area contributed by atoms with Crippen LogP contribution in [0.2, 0.25) is 4.34 Å². The van der Waals surface area contributed by atoms with E-state index in [1.807, 2.05) is 6.92 Å². The Hall–Kier alpha value is -0.300. The van der Waals surface area contributed by atoms with Crippen LogP contribution < -0.4 is 5.32 Å². The molecule has 1 saturated heterocycles. The third-order valence-corrected chi connectivity index (χ3v) is 5.96. The van der Waals surface area contributed by atoms with E-state index < -0.39 is 18.8 Å². The topological polar surface area (TPSA) is 51.1 Å². The van der Waals surface area contributed by atoms with E-state index in [-0.39, 0.29) is 36.4 Å². The number of nitrogens with zero attached hydrogens (tertiary/aromatic N) is 3. The third-order valence-electron chi connectivity index (χ3n) is 4.62. The number of aliphatic hydroxyl groups excluding tert-OH is 1. The maximum Gasteiger partial charge on any atom is 0.401 e. The Morgan fingerprint density at radius 2 is 2.17 bits per heavy atom. The number of nitrogens with one attached hydrogen (secondary N) is 1. The summed E-state index contributed by atoms with van der Waals surface area (Å²) in [6, 6.07) is 3.52. The SMILES string of the molecule is CCNC(=NCC(O)c1ccc(Cl)s1)N1CCC(CN(CC)CC(F)(F)F)C1.I. The molecule has 1 aliphatic rings. The minimum absolute atomic E-state index is 0. The van der Waals surface area contributed by atoms with Gasteiger partial charge in [-0.3, -0.25) is 9.89 Å². The average Bonchev–Trinajstić information content (AvgIpc) is 3.25. The van der Waals surface area contributed by atoms with Gasteiger partial charge in [-0.25, -0.2) is 0 Å². The van der Waals surface area contributed by atoms with E-state index in [4.69, 9.17) is 11.6 Å². The lowest BCUT2D eigenvalue weighted by molar-refractivity contribution is -0.146. The van der Waals surface area contributed by atoms with E-state index in [0.717, 1.165) is 17.8 Å². The monoisotopic (exact) mass is 568 g/mol. The molecule has 2 atom stereocenters. The van der Waals surface area contributed by atoms with Crippen molar-refractivity contribution >= 4 is 52.9 Å². The number of thiophene rings is 1. The Balaban J connectivity index is 0.00000420. The lowest BCUT2D eigenvalue weighted by Crippen LogP contribution is -2.42. The van der Waals surface area contributed by atoms with Crippen LogP contribution in [-0.2, 0) is 0 Å². The molecule has 0 amide bonds. The number of aliphatic hydroxyl groups is 1. The summed E-state index contributed by atoms with van der Waals surface area (Å²) >= 11 is 7.23. The Morgan fingerprint density at radius 1 is 1.45 bits per heavy atom. The maximum absolute atomic E-state index is 12.7. The molecule has 1 aromatic rings. The number of guanidine groups is 1. The molecule has 2 unspecified atom stereocenters. The maximum atomic E-state index is 12.7. The fourth-order valence-electron chi connectivity index (χ4n) is 3.29. The minimum atomic E-state index is -4.18. The zero-order valence-corrected chi connectivity index (χ0v) is 20.5. The molecule has 0 radical (unpaired) electrons. The van der Waals surface area contributed by atoms with Crippen molar-refractivity contribution in [2.45, 2.75) is 32.5 Å². The fourth-order valence-corrected chi connectivity index (χ4v) is 4.33. The van der Waals surface area contributed by atoms with Crippen molar-refractivity contribution in [2.24, 2.45) is 10.9 Å². The summed E-state index contributed by atoms with van der Waals surface area (Å²) in [5, 5.41) is 13.5. The number of aliphatic imine (C=N–C) groups is 1. The molecular weight excluding hydrogens is 540 g/mol. The first-order valence-electron chi connectivity index (χ1n) is 9.47. The van der Waals surface area contributed by atoms with Crippen LogP contribution in [0.25, 0.3) is 0 Å². The molecule has 1 aromatic heterocycles. The Bertz CT molecular complexity index is 647. The number of hydrogen-bond acceptors (Lipinski definition) is 4. The van der Waals surface area contributed by atoms with Gasteiger partial charge in [0.25, 0.3) is 0 Å². The predicted octanol–water partition coefficient (Wildman–Crippen LogP) is 4.22. The minimum Gasteiger partial charge on any atom is -0.386 e. The summed E-state index contributed by atoms with van der Waals surface area (Å²) in [6.07, 6.45) is -4.08. The highest BCUT2D eigenvalue weighted by Gasteiger charge is 2.33. The molecule has 2 rings (SSSR count). The van der Waals surface area contributed by atoms with E-state index >= 15 is 0 Å². The number of alkyl halides is 3. The van der Waals surface area contributed by atoms with E-state index in [0.29, 0.717) is 36.5 Å². The first-order valence-corrected chi connectivity index (χ1v) is 10.7. The van der Waals surface area contributed by atoms with Crippen LogP contribution in [-0.4, -0.2) is 72.9 Å². The van der Waals surface area contributed by atoms with Crippen LogP contribution in [0, 0.1) is 5.92 Å². The van der Waals surface area contributed by atoms with E-state index in [2.05, 4.69) is 15.2 Å². The predicted molar refractivity (Wildman–Crippen MR) is 124 cm³/mol. The Morgan fingerprint density at radius 3 is 2.72 bits per heavy atom. The molecule has 2 heterocycles. The fraction of sp³-hybridized carbons (Fsp3) is 0.722. The second kappa shape index (κ2) is 12.5. The molecule has 1 aliphatic heterocycles. The van der Waals surface area contributed by atoms with Gasteiger partial charge in [0.15, 0.2) is 5.96 Å². The first-order chi connectivity index (χ1) is 13.2. The normalized spacial score (nSPS) is 18.8. The first kappa shape index (κ1) is 26.7. The van der Waals surface area contributed by atoms with Crippen molar-refractivity contribution in [3.63, 3.8) is 0 Å². The van der Waals surface area contributed by atoms with Crippen molar-refractivity contribution in [3.05, 3.63) is 21.3 Å². The van der Waals surface area contributed by atoms with Gasteiger partial charge in [-0.05, 0) is 37.9 Å². The van der Waals surface area contributed by atoms with Gasteiger partial charge in [-0.1, -0.05) is 18.5 Å². The van der Waals surface area contributed by atoms with Gasteiger partial charge in [0.2, 0.25) is 0 Å². The van der Waals surface area contributed by atoms with E-state index in [1.165, 1.54) is 16.2 Å². The van der Waals surface area contributed by atoms with Gasteiger partial charge in [0.1, 0.15) is 6.10 Å². The summed E-state index contributed by atoms with van der Waals surface area (Å²) in [6.45, 7) is 5.91. The molecule has 0 aromatic carbocycles. The van der Waals surface area contributed by atoms with Crippen molar-refractivity contribution in [1.29, 1.82) is 0 Å². The highest BCUT2D eigenvalue weighted by atomic mass is 127. The lowest BCUT2D eigenvalue weighted by atomic mass is 10.1. The van der Waals surface area contributed by atoms with Gasteiger partial charge in [-0.2, -0.15) is 13.2 Å². The van der Waals surface area contributed by atoms with Crippen LogP contribution in [0.1, 0.15) is 31.2 Å². The molecule has 5 nitrogen and oxygen atoms in total. The van der Waals surface area contributed by atoms with Crippen LogP contribution in [0.3, 0.4) is 0 Å². The Kier molecular flexibility index (Phi) is 11.6. The van der Waals surface area contributed by atoms with Gasteiger partial charge in [0, 0.05) is 31.1 Å². The summed E-state index contributed by atoms with van der Waals surface area (Å²) in [4.78, 5) is 8.79. The van der Waals surface area contributed by atoms with Crippen molar-refractivity contribution < 1.29 is 18.3 Å². The van der Waals surface area contributed by atoms with E-state index in [1.54, 1.807) is 19.1 Å². The van der Waals surface area contributed by atoms with Gasteiger partial charge in [0.05, 0.1) is 17.4 Å². The van der Waals surface area contributed by atoms with Gasteiger partial charge < -0.3 is 15.3 Å². The Labute approximate surface area is 196 Å². The van der Waals surface area contributed by atoms with Crippen LogP contribution in [0.5, 0.6) is 0 Å². The van der Waals surface area contributed by atoms with Gasteiger partial charge >= 0.3 is 6.18 Å². The van der Waals surface area contributed by atoms with Crippen molar-refractivity contribution in [1.82, 2.24) is 15.1 Å². The average molecular weight is 569 g/mol. The van der Waals surface area contributed by atoms with E-state index in [9.17, 15) is 18.3 Å². The summed E-state index contributed by atoms with van der Waals surface area (Å²) in [7, 11) is 0. The largest absolute Gasteiger partial charge is 0.401 e. The van der Waals surface area contributed by atoms with Crippen LogP contribution in [0.4, 0.5) is 13.2 Å². The molecule has 0 bridgehead atoms. The zero-order valence-electron chi connectivity index (χ0n) is 16.6. The highest BCUT2D eigenvalue weighted by Crippen LogP contribution is 2.27. The molecule has 1 fully saturated rings. The summed E-state index contributed by atoms with van der Waals surface area (Å²) in [5.74, 6) is 0.845. The van der Waals surface area contributed by atoms with Crippen molar-refractivity contribution in [2.75, 3.05) is 45.8 Å². The molecule has 29 heavy (non-hydrogen) atoms. The standard InChI is InChI=1S/C18H28ClF3N4OS.HI/c1-3-23-17(24-9-14(27)15-5-6-16(19)28-15)26-8-7-13(11-26)10-25(4-2)12-18(20,21)22;/h5-6,13-14,27H,3-4,7-12H2,1-2H3,(H,23,24);1H. The number of halogens is 5. The molecule has 11 heteroatoms. The van der Waals surface area contributed by atoms with Crippen LogP contribution in [0.15, 0.2) is 17.1 Å². The molecule has 0 spiro atoms. The second-order valence-corrected chi connectivity index (χ2v) is 8.64. The zero-order chi connectivity index (χ0) is 20.7. The second-order valence-electron chi connectivity index (χ2n) is 6.90. The number of hydrogen-bond donors (Lipinski definition) is 2. The highest BCUT2D eigenvalue weighted by molar-refractivity contribution is 14.0. The molecule has 2 N–H and O–H groups in total. The lowest BCUT2D eigenvalue weighted by Gasteiger charge is -2.26. The molecule has 0 saturated carbocycles. The summed E-state index contributed by atoms with van der Waals surface area (Å²) in [5.41, 5.74) is 0. The number of likely N-dealkylation sites (tertiary alicyclic amines) is 1. The van der Waals surface area contributed by atoms with Gasteiger partial charge in [-0.15, -0.1) is 35.3 Å². The smallest absolute Gasteiger partial charge is 0.386 e. The van der Waals surface area contributed by atoms with Crippen LogP contribution >= 0.6 is 46.9 Å². The molecule has 168 valence electrons. The van der Waals surface area contributed by atoms with Crippen molar-refractivity contribution in [3.8, 4) is 0 Å². The number of rotatable bonds is 8. The quantitative estimate of drug-likeness (QED) is 0.280. The summed E-state index contributed by atoms with van der Waals surface area (Å²) < 4.78 is 38.6. The third kappa shape index (κ3) is 9.16.